The summed E-state index contributed by atoms with van der Waals surface area (Å²) >= 11 is 0. The van der Waals surface area contributed by atoms with Gasteiger partial charge >= 0.3 is 0 Å². The zero-order valence-corrected chi connectivity index (χ0v) is 17.9. The molecule has 1 aliphatic rings. The van der Waals surface area contributed by atoms with Crippen LogP contribution in [-0.4, -0.2) is 19.5 Å². The molecule has 4 aromatic rings. The maximum atomic E-state index is 14.1. The molecule has 33 heavy (non-hydrogen) atoms. The maximum absolute atomic E-state index is 14.1. The molecule has 0 atom stereocenters. The van der Waals surface area contributed by atoms with Crippen LogP contribution in [0.15, 0.2) is 42.5 Å². The number of alkyl halides is 1. The fourth-order valence-electron chi connectivity index (χ4n) is 3.69. The van der Waals surface area contributed by atoms with E-state index in [1.165, 1.54) is 19.9 Å². The minimum atomic E-state index is -1.47. The fourth-order valence-corrected chi connectivity index (χ4v) is 3.69. The summed E-state index contributed by atoms with van der Waals surface area (Å²) < 4.78 is 43.7. The Kier molecular flexibility index (Phi) is 4.81. The van der Waals surface area contributed by atoms with Gasteiger partial charge in [0, 0.05) is 29.8 Å². The third-order valence-corrected chi connectivity index (χ3v) is 5.55. The van der Waals surface area contributed by atoms with Gasteiger partial charge in [-0.1, -0.05) is 12.1 Å². The van der Waals surface area contributed by atoms with Crippen molar-refractivity contribution < 1.29 is 13.2 Å². The van der Waals surface area contributed by atoms with E-state index in [2.05, 4.69) is 20.3 Å². The van der Waals surface area contributed by atoms with Crippen LogP contribution in [0.5, 0.6) is 0 Å². The average molecular weight is 448 g/mol. The first-order valence-electron chi connectivity index (χ1n) is 10.5. The van der Waals surface area contributed by atoms with Crippen molar-refractivity contribution >= 4 is 22.7 Å². The van der Waals surface area contributed by atoms with E-state index in [-0.39, 0.29) is 17.6 Å². The molecule has 2 aromatic heterocycles. The van der Waals surface area contributed by atoms with Crippen molar-refractivity contribution in [3.05, 3.63) is 71.2 Å². The number of hydrogen-bond donors (Lipinski definition) is 1. The predicted molar refractivity (Wildman–Crippen MR) is 117 cm³/mol. The zero-order chi connectivity index (χ0) is 23.3. The van der Waals surface area contributed by atoms with E-state index in [1.807, 2.05) is 6.07 Å². The van der Waals surface area contributed by atoms with Crippen LogP contribution in [0.3, 0.4) is 0 Å². The molecule has 6 nitrogen and oxygen atoms in total. The Labute approximate surface area is 187 Å². The molecule has 0 radical (unpaired) electrons. The summed E-state index contributed by atoms with van der Waals surface area (Å²) in [5.74, 6) is -0.717. The molecule has 9 heteroatoms. The highest BCUT2D eigenvalue weighted by Crippen LogP contribution is 2.42. The molecule has 0 bridgehead atoms. The van der Waals surface area contributed by atoms with Gasteiger partial charge in [-0.3, -0.25) is 4.57 Å². The molecule has 1 saturated carbocycles. The van der Waals surface area contributed by atoms with Gasteiger partial charge in [-0.05, 0) is 44.4 Å². The Hall–Kier alpha value is -3.93. The molecule has 0 saturated heterocycles. The number of nitrogens with zero attached hydrogens (tertiary/aromatic N) is 5. The van der Waals surface area contributed by atoms with Crippen LogP contribution in [0.25, 0.3) is 16.9 Å². The standard InChI is InChI=1S/C24H19F3N6/c1-24(2,27)14-5-7-15(8-6-14)29-23-30-16(12-28)9-21(32-23)33-20-11-18(26)17(25)10-19(20)31-22(33)13-3-4-13/h5-11,13H,3-4H2,1-2H3,(H,29,30,32). The molecule has 1 N–H and O–H groups in total. The fraction of sp³-hybridized carbons (Fsp3) is 0.250. The Morgan fingerprint density at radius 1 is 1.03 bits per heavy atom. The number of halogens is 3. The van der Waals surface area contributed by atoms with Crippen molar-refractivity contribution in [3.8, 4) is 11.9 Å². The number of nitriles is 1. The third kappa shape index (κ3) is 4.00. The first-order chi connectivity index (χ1) is 15.7. The van der Waals surface area contributed by atoms with Crippen molar-refractivity contribution in [3.63, 3.8) is 0 Å². The Bertz CT molecular complexity index is 1410. The van der Waals surface area contributed by atoms with Crippen molar-refractivity contribution in [2.24, 2.45) is 0 Å². The lowest BCUT2D eigenvalue weighted by Gasteiger charge is -2.15. The lowest BCUT2D eigenvalue weighted by Crippen LogP contribution is -2.09. The quantitative estimate of drug-likeness (QED) is 0.418. The number of benzene rings is 2. The second-order valence-electron chi connectivity index (χ2n) is 8.56. The van der Waals surface area contributed by atoms with Gasteiger partial charge in [0.15, 0.2) is 11.6 Å². The summed E-state index contributed by atoms with van der Waals surface area (Å²) in [6.07, 6.45) is 1.82. The van der Waals surface area contributed by atoms with Crippen molar-refractivity contribution in [2.45, 2.75) is 38.3 Å². The monoisotopic (exact) mass is 448 g/mol. The Balaban J connectivity index is 1.60. The van der Waals surface area contributed by atoms with Gasteiger partial charge in [-0.2, -0.15) is 10.2 Å². The van der Waals surface area contributed by atoms with Crippen molar-refractivity contribution in [1.29, 1.82) is 5.26 Å². The summed E-state index contributed by atoms with van der Waals surface area (Å²) in [6.45, 7) is 2.95. The smallest absolute Gasteiger partial charge is 0.230 e. The number of anilines is 2. The van der Waals surface area contributed by atoms with Gasteiger partial charge in [0.05, 0.1) is 11.0 Å². The number of nitrogens with one attached hydrogen (secondary N) is 1. The SMILES string of the molecule is CC(C)(F)c1ccc(Nc2nc(C#N)cc(-n3c(C4CC4)nc4cc(F)c(F)cc43)n2)cc1. The summed E-state index contributed by atoms with van der Waals surface area (Å²) in [7, 11) is 0. The normalized spacial score (nSPS) is 13.8. The number of imidazole rings is 1. The van der Waals surface area contributed by atoms with Gasteiger partial charge in [-0.25, -0.2) is 23.1 Å². The van der Waals surface area contributed by atoms with Crippen LogP contribution in [-0.2, 0) is 5.67 Å². The molecule has 1 aliphatic carbocycles. The van der Waals surface area contributed by atoms with Gasteiger partial charge in [0.25, 0.3) is 0 Å². The van der Waals surface area contributed by atoms with Crippen LogP contribution in [0.4, 0.5) is 24.8 Å². The number of aromatic nitrogens is 4. The van der Waals surface area contributed by atoms with Crippen LogP contribution < -0.4 is 5.32 Å². The zero-order valence-electron chi connectivity index (χ0n) is 17.9. The molecular weight excluding hydrogens is 429 g/mol. The average Bonchev–Trinajstić information content (AvgIpc) is 3.55. The lowest BCUT2D eigenvalue weighted by molar-refractivity contribution is 0.221. The van der Waals surface area contributed by atoms with Gasteiger partial charge in [0.1, 0.15) is 29.1 Å². The van der Waals surface area contributed by atoms with Gasteiger partial charge < -0.3 is 5.32 Å². The molecular formula is C24H19F3N6. The first-order valence-corrected chi connectivity index (χ1v) is 10.5. The summed E-state index contributed by atoms with van der Waals surface area (Å²) in [6, 6.07) is 12.3. The highest BCUT2D eigenvalue weighted by molar-refractivity contribution is 5.78. The summed E-state index contributed by atoms with van der Waals surface area (Å²) in [5, 5.41) is 12.5. The second kappa shape index (κ2) is 7.59. The van der Waals surface area contributed by atoms with Crippen LogP contribution in [0, 0.1) is 23.0 Å². The highest BCUT2D eigenvalue weighted by atomic mass is 19.2. The van der Waals surface area contributed by atoms with E-state index in [9.17, 15) is 18.4 Å². The minimum absolute atomic E-state index is 0.0928. The molecule has 0 amide bonds. The van der Waals surface area contributed by atoms with Gasteiger partial charge in [-0.15, -0.1) is 0 Å². The van der Waals surface area contributed by atoms with E-state index < -0.39 is 17.3 Å². The van der Waals surface area contributed by atoms with E-state index in [4.69, 9.17) is 0 Å². The summed E-state index contributed by atoms with van der Waals surface area (Å²) in [4.78, 5) is 13.2. The topological polar surface area (TPSA) is 79.4 Å². The van der Waals surface area contributed by atoms with Crippen LogP contribution >= 0.6 is 0 Å². The number of rotatable bonds is 5. The third-order valence-electron chi connectivity index (χ3n) is 5.55. The van der Waals surface area contributed by atoms with E-state index >= 15 is 0 Å². The van der Waals surface area contributed by atoms with E-state index in [0.717, 1.165) is 25.0 Å². The Morgan fingerprint density at radius 2 is 1.73 bits per heavy atom. The molecule has 0 unspecified atom stereocenters. The predicted octanol–water partition coefficient (Wildman–Crippen LogP) is 5.79. The molecule has 2 aromatic carbocycles. The highest BCUT2D eigenvalue weighted by Gasteiger charge is 2.31. The first kappa shape index (κ1) is 20.9. The molecule has 166 valence electrons. The maximum Gasteiger partial charge on any atom is 0.230 e. The number of fused-ring (bicyclic) bond motifs is 1. The van der Waals surface area contributed by atoms with Crippen molar-refractivity contribution in [1.82, 2.24) is 19.5 Å². The number of hydrogen-bond acceptors (Lipinski definition) is 5. The second-order valence-corrected chi connectivity index (χ2v) is 8.56. The van der Waals surface area contributed by atoms with Crippen LogP contribution in [0.1, 0.15) is 49.7 Å². The molecule has 2 heterocycles. The molecule has 5 rings (SSSR count). The van der Waals surface area contributed by atoms with E-state index in [1.54, 1.807) is 28.8 Å². The molecule has 0 spiro atoms. The summed E-state index contributed by atoms with van der Waals surface area (Å²) in [5.41, 5.74) is 0.420. The largest absolute Gasteiger partial charge is 0.324 e. The van der Waals surface area contributed by atoms with Crippen molar-refractivity contribution in [2.75, 3.05) is 5.32 Å². The van der Waals surface area contributed by atoms with E-state index in [0.29, 0.717) is 33.9 Å². The lowest BCUT2D eigenvalue weighted by atomic mass is 10.0. The minimum Gasteiger partial charge on any atom is -0.324 e. The molecule has 0 aliphatic heterocycles. The van der Waals surface area contributed by atoms with Crippen LogP contribution in [0.2, 0.25) is 0 Å². The Morgan fingerprint density at radius 3 is 2.36 bits per heavy atom. The van der Waals surface area contributed by atoms with Gasteiger partial charge in [0.2, 0.25) is 5.95 Å². The molecule has 1 fully saturated rings.